The fourth-order valence-corrected chi connectivity index (χ4v) is 2.64. The number of anilines is 1. The molecule has 0 unspecified atom stereocenters. The monoisotopic (exact) mass is 368 g/mol. The number of alkyl halides is 2. The molecule has 1 aromatic heterocycles. The molecule has 136 valence electrons. The first-order valence-corrected chi connectivity index (χ1v) is 8.37. The van der Waals surface area contributed by atoms with E-state index in [9.17, 15) is 8.78 Å². The highest BCUT2D eigenvalue weighted by Gasteiger charge is 2.11. The maximum Gasteiger partial charge on any atom is 0.387 e. The topological polar surface area (TPSA) is 51.1 Å². The third-order valence-electron chi connectivity index (χ3n) is 3.54. The van der Waals surface area contributed by atoms with E-state index in [0.29, 0.717) is 17.3 Å². The number of hydrogen-bond acceptors (Lipinski definition) is 3. The molecular weight excluding hydrogens is 346 g/mol. The number of benzene rings is 1. The van der Waals surface area contributed by atoms with Gasteiger partial charge in [-0.05, 0) is 63.2 Å². The summed E-state index contributed by atoms with van der Waals surface area (Å²) in [6, 6.07) is 7.03. The molecule has 0 fully saturated rings. The van der Waals surface area contributed by atoms with Gasteiger partial charge in [0.1, 0.15) is 5.75 Å². The lowest BCUT2D eigenvalue weighted by atomic mass is 10.2. The molecule has 0 amide bonds. The van der Waals surface area contributed by atoms with Crippen LogP contribution in [0.2, 0.25) is 0 Å². The van der Waals surface area contributed by atoms with E-state index in [0.717, 1.165) is 29.9 Å². The summed E-state index contributed by atoms with van der Waals surface area (Å²) in [5.41, 5.74) is 3.34. The van der Waals surface area contributed by atoms with E-state index in [1.807, 2.05) is 24.6 Å². The fraction of sp³-hybridized carbons (Fsp3) is 0.412. The SMILES string of the molecule is Cc1ccc(NC(=S)NCCCn2nc(C)cc2C)c(OC(F)F)c1. The van der Waals surface area contributed by atoms with Gasteiger partial charge in [0.25, 0.3) is 0 Å². The van der Waals surface area contributed by atoms with E-state index in [-0.39, 0.29) is 5.75 Å². The Labute approximate surface area is 151 Å². The van der Waals surface area contributed by atoms with Crippen LogP contribution < -0.4 is 15.4 Å². The quantitative estimate of drug-likeness (QED) is 0.575. The van der Waals surface area contributed by atoms with Gasteiger partial charge in [-0.1, -0.05) is 6.07 Å². The number of halogens is 2. The molecule has 0 aliphatic carbocycles. The molecule has 1 heterocycles. The van der Waals surface area contributed by atoms with Crippen LogP contribution in [0.4, 0.5) is 14.5 Å². The number of rotatable bonds is 7. The van der Waals surface area contributed by atoms with Crippen LogP contribution in [0, 0.1) is 20.8 Å². The van der Waals surface area contributed by atoms with E-state index in [1.165, 1.54) is 0 Å². The standard InChI is InChI=1S/C17H22F2N4OS/c1-11-5-6-14(15(9-11)24-16(18)19)21-17(25)20-7-4-8-23-13(3)10-12(2)22-23/h5-6,9-10,16H,4,7-8H2,1-3H3,(H2,20,21,25). The van der Waals surface area contributed by atoms with Crippen LogP contribution in [0.15, 0.2) is 24.3 Å². The maximum atomic E-state index is 12.5. The smallest absolute Gasteiger partial charge is 0.387 e. The Morgan fingerprint density at radius 1 is 1.28 bits per heavy atom. The van der Waals surface area contributed by atoms with Gasteiger partial charge in [-0.2, -0.15) is 13.9 Å². The minimum Gasteiger partial charge on any atom is -0.433 e. The molecule has 5 nitrogen and oxygen atoms in total. The van der Waals surface area contributed by atoms with Crippen LogP contribution in [0.1, 0.15) is 23.4 Å². The molecular formula is C17H22F2N4OS. The number of ether oxygens (including phenoxy) is 1. The molecule has 0 aliphatic rings. The molecule has 0 radical (unpaired) electrons. The highest BCUT2D eigenvalue weighted by atomic mass is 32.1. The normalized spacial score (nSPS) is 10.8. The molecule has 0 saturated heterocycles. The van der Waals surface area contributed by atoms with Gasteiger partial charge < -0.3 is 15.4 Å². The molecule has 2 rings (SSSR count). The molecule has 0 saturated carbocycles. The van der Waals surface area contributed by atoms with Crippen LogP contribution in [-0.4, -0.2) is 28.0 Å². The zero-order valence-corrected chi connectivity index (χ0v) is 15.3. The van der Waals surface area contributed by atoms with Gasteiger partial charge in [0, 0.05) is 18.8 Å². The zero-order valence-electron chi connectivity index (χ0n) is 14.5. The molecule has 0 spiro atoms. The number of nitrogens with one attached hydrogen (secondary N) is 2. The molecule has 0 atom stereocenters. The van der Waals surface area contributed by atoms with Gasteiger partial charge in [-0.15, -0.1) is 0 Å². The first-order valence-electron chi connectivity index (χ1n) is 7.96. The van der Waals surface area contributed by atoms with E-state index in [2.05, 4.69) is 20.5 Å². The molecule has 8 heteroatoms. The molecule has 25 heavy (non-hydrogen) atoms. The van der Waals surface area contributed by atoms with Gasteiger partial charge in [-0.3, -0.25) is 4.68 Å². The summed E-state index contributed by atoms with van der Waals surface area (Å²) in [6.45, 7) is 4.31. The first-order chi connectivity index (χ1) is 11.8. The van der Waals surface area contributed by atoms with Gasteiger partial charge in [0.2, 0.25) is 0 Å². The number of aryl methyl sites for hydroxylation is 4. The van der Waals surface area contributed by atoms with Crippen LogP contribution >= 0.6 is 12.2 Å². The Kier molecular flexibility index (Phi) is 6.69. The van der Waals surface area contributed by atoms with Crippen molar-refractivity contribution in [3.63, 3.8) is 0 Å². The number of aromatic nitrogens is 2. The summed E-state index contributed by atoms with van der Waals surface area (Å²) < 4.78 is 31.5. The number of thiocarbonyl (C=S) groups is 1. The van der Waals surface area contributed by atoms with Crippen molar-refractivity contribution in [1.29, 1.82) is 0 Å². The van der Waals surface area contributed by atoms with Crippen molar-refractivity contribution in [3.05, 3.63) is 41.2 Å². The lowest BCUT2D eigenvalue weighted by Crippen LogP contribution is -2.30. The zero-order chi connectivity index (χ0) is 18.4. The van der Waals surface area contributed by atoms with Crippen molar-refractivity contribution in [3.8, 4) is 5.75 Å². The van der Waals surface area contributed by atoms with Crippen LogP contribution in [0.25, 0.3) is 0 Å². The minimum atomic E-state index is -2.88. The minimum absolute atomic E-state index is 0.0711. The van der Waals surface area contributed by atoms with Crippen molar-refractivity contribution in [2.75, 3.05) is 11.9 Å². The van der Waals surface area contributed by atoms with Crippen molar-refractivity contribution < 1.29 is 13.5 Å². The third-order valence-corrected chi connectivity index (χ3v) is 3.78. The Hall–Kier alpha value is -2.22. The van der Waals surface area contributed by atoms with Crippen LogP contribution in [0.5, 0.6) is 5.75 Å². The summed E-state index contributed by atoms with van der Waals surface area (Å²) in [4.78, 5) is 0. The average Bonchev–Trinajstić information content (AvgIpc) is 2.84. The van der Waals surface area contributed by atoms with Crippen molar-refractivity contribution in [2.45, 2.75) is 40.3 Å². The third kappa shape index (κ3) is 5.97. The highest BCUT2D eigenvalue weighted by molar-refractivity contribution is 7.80. The predicted molar refractivity (Wildman–Crippen MR) is 98.4 cm³/mol. The molecule has 2 N–H and O–H groups in total. The van der Waals surface area contributed by atoms with E-state index in [1.54, 1.807) is 25.1 Å². The number of hydrogen-bond donors (Lipinski definition) is 2. The molecule has 2 aromatic rings. The van der Waals surface area contributed by atoms with Crippen molar-refractivity contribution >= 4 is 23.0 Å². The van der Waals surface area contributed by atoms with E-state index >= 15 is 0 Å². The highest BCUT2D eigenvalue weighted by Crippen LogP contribution is 2.27. The van der Waals surface area contributed by atoms with E-state index < -0.39 is 6.61 Å². The molecule has 0 aliphatic heterocycles. The van der Waals surface area contributed by atoms with Crippen molar-refractivity contribution in [2.24, 2.45) is 0 Å². The molecule has 0 bridgehead atoms. The second-order valence-electron chi connectivity index (χ2n) is 5.76. The largest absolute Gasteiger partial charge is 0.433 e. The summed E-state index contributed by atoms with van der Waals surface area (Å²) >= 11 is 5.21. The van der Waals surface area contributed by atoms with Crippen LogP contribution in [-0.2, 0) is 6.54 Å². The average molecular weight is 368 g/mol. The Balaban J connectivity index is 1.83. The Bertz CT molecular complexity index is 733. The predicted octanol–water partition coefficient (Wildman–Crippen LogP) is 3.79. The Morgan fingerprint density at radius 3 is 2.68 bits per heavy atom. The van der Waals surface area contributed by atoms with Gasteiger partial charge in [0.05, 0.1) is 11.4 Å². The summed E-state index contributed by atoms with van der Waals surface area (Å²) in [6.07, 6.45) is 0.831. The summed E-state index contributed by atoms with van der Waals surface area (Å²) in [7, 11) is 0. The fourth-order valence-electron chi connectivity index (χ4n) is 2.42. The van der Waals surface area contributed by atoms with E-state index in [4.69, 9.17) is 12.2 Å². The second kappa shape index (κ2) is 8.75. The summed E-state index contributed by atoms with van der Waals surface area (Å²) in [5, 5.41) is 10.7. The van der Waals surface area contributed by atoms with Gasteiger partial charge >= 0.3 is 6.61 Å². The van der Waals surface area contributed by atoms with Crippen LogP contribution in [0.3, 0.4) is 0 Å². The molecule has 1 aromatic carbocycles. The van der Waals surface area contributed by atoms with Gasteiger partial charge in [0.15, 0.2) is 5.11 Å². The lowest BCUT2D eigenvalue weighted by Gasteiger charge is -2.15. The number of nitrogens with zero attached hydrogens (tertiary/aromatic N) is 2. The lowest BCUT2D eigenvalue weighted by molar-refractivity contribution is -0.0493. The van der Waals surface area contributed by atoms with Gasteiger partial charge in [-0.25, -0.2) is 0 Å². The maximum absolute atomic E-state index is 12.5. The Morgan fingerprint density at radius 2 is 2.04 bits per heavy atom. The first kappa shape index (κ1) is 19.1. The van der Waals surface area contributed by atoms with Crippen molar-refractivity contribution in [1.82, 2.24) is 15.1 Å². The second-order valence-corrected chi connectivity index (χ2v) is 6.17. The summed E-state index contributed by atoms with van der Waals surface area (Å²) in [5.74, 6) is 0.0711.